The molecule has 8 heteroatoms. The van der Waals surface area contributed by atoms with E-state index in [9.17, 15) is 8.42 Å². The molecule has 7 nitrogen and oxygen atoms in total. The second kappa shape index (κ2) is 3.81. The van der Waals surface area contributed by atoms with E-state index in [0.717, 1.165) is 0 Å². The molecule has 2 heterocycles. The van der Waals surface area contributed by atoms with Gasteiger partial charge in [-0.25, -0.2) is 13.4 Å². The lowest BCUT2D eigenvalue weighted by Crippen LogP contribution is -2.13. The molecule has 0 spiro atoms. The van der Waals surface area contributed by atoms with Crippen LogP contribution < -0.4 is 10.5 Å². The maximum atomic E-state index is 11.7. The second-order valence-corrected chi connectivity index (χ2v) is 4.70. The predicted octanol–water partition coefficient (Wildman–Crippen LogP) is 0.188. The number of hydrogen-bond donors (Lipinski definition) is 3. The van der Waals surface area contributed by atoms with Crippen molar-refractivity contribution in [1.82, 2.24) is 15.2 Å². The SMILES string of the molecule is Nc1ccc(NS(=O)(=O)c2cn[nH]c2)nc1. The van der Waals surface area contributed by atoms with Crippen LogP contribution in [0.4, 0.5) is 11.5 Å². The van der Waals surface area contributed by atoms with Crippen molar-refractivity contribution < 1.29 is 8.42 Å². The molecular formula is C8H9N5O2S. The van der Waals surface area contributed by atoms with Gasteiger partial charge in [0.05, 0.1) is 18.1 Å². The third-order valence-electron chi connectivity index (χ3n) is 1.81. The van der Waals surface area contributed by atoms with Gasteiger partial charge in [-0.3, -0.25) is 9.82 Å². The highest BCUT2D eigenvalue weighted by Crippen LogP contribution is 2.13. The van der Waals surface area contributed by atoms with Crippen molar-refractivity contribution in [2.24, 2.45) is 0 Å². The molecule has 0 aliphatic heterocycles. The van der Waals surface area contributed by atoms with E-state index in [1.54, 1.807) is 6.07 Å². The van der Waals surface area contributed by atoms with Crippen LogP contribution in [0.1, 0.15) is 0 Å². The number of H-pyrrole nitrogens is 1. The first-order valence-electron chi connectivity index (χ1n) is 4.31. The fraction of sp³-hybridized carbons (Fsp3) is 0. The van der Waals surface area contributed by atoms with E-state index in [4.69, 9.17) is 5.73 Å². The highest BCUT2D eigenvalue weighted by Gasteiger charge is 2.15. The van der Waals surface area contributed by atoms with Gasteiger partial charge >= 0.3 is 0 Å². The van der Waals surface area contributed by atoms with Crippen LogP contribution >= 0.6 is 0 Å². The number of sulfonamides is 1. The summed E-state index contributed by atoms with van der Waals surface area (Å²) in [4.78, 5) is 3.87. The first kappa shape index (κ1) is 10.4. The highest BCUT2D eigenvalue weighted by molar-refractivity contribution is 7.92. The summed E-state index contributed by atoms with van der Waals surface area (Å²) in [5, 5.41) is 5.98. The Morgan fingerprint density at radius 3 is 2.69 bits per heavy atom. The number of anilines is 2. The van der Waals surface area contributed by atoms with Crippen molar-refractivity contribution in [2.45, 2.75) is 4.90 Å². The summed E-state index contributed by atoms with van der Waals surface area (Å²) in [5.41, 5.74) is 5.89. The molecule has 2 rings (SSSR count). The molecule has 84 valence electrons. The quantitative estimate of drug-likeness (QED) is 0.707. The van der Waals surface area contributed by atoms with Gasteiger partial charge in [0.15, 0.2) is 0 Å². The van der Waals surface area contributed by atoms with E-state index >= 15 is 0 Å². The van der Waals surface area contributed by atoms with Crippen molar-refractivity contribution in [2.75, 3.05) is 10.5 Å². The van der Waals surface area contributed by atoms with E-state index in [1.165, 1.54) is 24.7 Å². The topological polar surface area (TPSA) is 114 Å². The Morgan fingerprint density at radius 1 is 1.31 bits per heavy atom. The summed E-state index contributed by atoms with van der Waals surface area (Å²) in [6.07, 6.45) is 3.85. The average Bonchev–Trinajstić information content (AvgIpc) is 2.75. The number of aromatic amines is 1. The number of nitrogens with two attached hydrogens (primary N) is 1. The fourth-order valence-corrected chi connectivity index (χ4v) is 1.96. The number of nitrogens with zero attached hydrogens (tertiary/aromatic N) is 2. The van der Waals surface area contributed by atoms with Crippen molar-refractivity contribution in [1.29, 1.82) is 0 Å². The third-order valence-corrected chi connectivity index (χ3v) is 3.13. The lowest BCUT2D eigenvalue weighted by atomic mass is 10.4. The summed E-state index contributed by atoms with van der Waals surface area (Å²) < 4.78 is 25.7. The normalized spacial score (nSPS) is 11.2. The predicted molar refractivity (Wildman–Crippen MR) is 58.0 cm³/mol. The summed E-state index contributed by atoms with van der Waals surface area (Å²) in [6.45, 7) is 0. The Labute approximate surface area is 91.8 Å². The van der Waals surface area contributed by atoms with E-state index in [1.807, 2.05) is 0 Å². The van der Waals surface area contributed by atoms with Gasteiger partial charge in [-0.2, -0.15) is 5.10 Å². The monoisotopic (exact) mass is 239 g/mol. The largest absolute Gasteiger partial charge is 0.397 e. The van der Waals surface area contributed by atoms with E-state index in [0.29, 0.717) is 5.69 Å². The van der Waals surface area contributed by atoms with E-state index < -0.39 is 10.0 Å². The minimum atomic E-state index is -3.63. The van der Waals surface area contributed by atoms with E-state index in [2.05, 4.69) is 19.9 Å². The molecule has 0 amide bonds. The maximum absolute atomic E-state index is 11.7. The van der Waals surface area contributed by atoms with Gasteiger partial charge in [0.2, 0.25) is 0 Å². The van der Waals surface area contributed by atoms with Crippen molar-refractivity contribution in [3.05, 3.63) is 30.7 Å². The highest BCUT2D eigenvalue weighted by atomic mass is 32.2. The summed E-state index contributed by atoms with van der Waals surface area (Å²) >= 11 is 0. The van der Waals surface area contributed by atoms with Crippen LogP contribution in [0.15, 0.2) is 35.6 Å². The lowest BCUT2D eigenvalue weighted by Gasteiger charge is -2.04. The zero-order chi connectivity index (χ0) is 11.6. The minimum absolute atomic E-state index is 0.0473. The van der Waals surface area contributed by atoms with Gasteiger partial charge in [0.1, 0.15) is 10.7 Å². The van der Waals surface area contributed by atoms with Crippen LogP contribution in [0.3, 0.4) is 0 Å². The third kappa shape index (κ3) is 2.11. The molecule has 2 aromatic heterocycles. The van der Waals surface area contributed by atoms with Gasteiger partial charge in [-0.15, -0.1) is 0 Å². The molecule has 0 saturated heterocycles. The maximum Gasteiger partial charge on any atom is 0.266 e. The molecule has 0 aromatic carbocycles. The minimum Gasteiger partial charge on any atom is -0.397 e. The Morgan fingerprint density at radius 2 is 2.12 bits per heavy atom. The number of pyridine rings is 1. The Kier molecular flexibility index (Phi) is 2.49. The van der Waals surface area contributed by atoms with Gasteiger partial charge in [-0.1, -0.05) is 0 Å². The number of nitrogen functional groups attached to an aromatic ring is 1. The number of rotatable bonds is 3. The standard InChI is InChI=1S/C8H9N5O2S/c9-6-1-2-8(10-3-6)13-16(14,15)7-4-11-12-5-7/h1-5H,9H2,(H,10,13)(H,11,12). The molecule has 0 aliphatic carbocycles. The van der Waals surface area contributed by atoms with Crippen molar-refractivity contribution >= 4 is 21.5 Å². The zero-order valence-electron chi connectivity index (χ0n) is 8.08. The van der Waals surface area contributed by atoms with Crippen LogP contribution in [0, 0.1) is 0 Å². The van der Waals surface area contributed by atoms with Crippen LogP contribution in [0.25, 0.3) is 0 Å². The molecule has 0 atom stereocenters. The first-order valence-corrected chi connectivity index (χ1v) is 5.79. The van der Waals surface area contributed by atoms with Gasteiger partial charge < -0.3 is 5.73 Å². The molecule has 16 heavy (non-hydrogen) atoms. The number of nitrogens with one attached hydrogen (secondary N) is 2. The molecule has 0 saturated carbocycles. The van der Waals surface area contributed by atoms with Gasteiger partial charge in [0.25, 0.3) is 10.0 Å². The molecule has 0 radical (unpaired) electrons. The smallest absolute Gasteiger partial charge is 0.266 e. The average molecular weight is 239 g/mol. The molecule has 2 aromatic rings. The number of hydrogen-bond acceptors (Lipinski definition) is 5. The molecule has 0 bridgehead atoms. The second-order valence-electron chi connectivity index (χ2n) is 3.02. The van der Waals surface area contributed by atoms with Crippen LogP contribution in [0.5, 0.6) is 0 Å². The van der Waals surface area contributed by atoms with E-state index in [-0.39, 0.29) is 10.7 Å². The number of aromatic nitrogens is 3. The summed E-state index contributed by atoms with van der Waals surface area (Å²) in [7, 11) is -3.63. The summed E-state index contributed by atoms with van der Waals surface area (Å²) in [5.74, 6) is 0.204. The molecule has 4 N–H and O–H groups in total. The Balaban J connectivity index is 2.25. The van der Waals surface area contributed by atoms with Crippen molar-refractivity contribution in [3.8, 4) is 0 Å². The lowest BCUT2D eigenvalue weighted by molar-refractivity contribution is 0.601. The van der Waals surface area contributed by atoms with Crippen LogP contribution in [-0.4, -0.2) is 23.6 Å². The van der Waals surface area contributed by atoms with Crippen LogP contribution in [0.2, 0.25) is 0 Å². The Hall–Kier alpha value is -2.09. The van der Waals surface area contributed by atoms with Gasteiger partial charge in [0, 0.05) is 6.20 Å². The fourth-order valence-electron chi connectivity index (χ4n) is 1.05. The molecule has 0 aliphatic rings. The zero-order valence-corrected chi connectivity index (χ0v) is 8.90. The van der Waals surface area contributed by atoms with Gasteiger partial charge in [-0.05, 0) is 12.1 Å². The molecule has 0 unspecified atom stereocenters. The Bertz CT molecular complexity index is 561. The molecule has 0 fully saturated rings. The van der Waals surface area contributed by atoms with Crippen molar-refractivity contribution in [3.63, 3.8) is 0 Å². The molecular weight excluding hydrogens is 230 g/mol. The summed E-state index contributed by atoms with van der Waals surface area (Å²) in [6, 6.07) is 3.03. The van der Waals surface area contributed by atoms with Crippen LogP contribution in [-0.2, 0) is 10.0 Å². The first-order chi connectivity index (χ1) is 7.58.